The highest BCUT2D eigenvalue weighted by molar-refractivity contribution is 7.99. The minimum absolute atomic E-state index is 0.0697. The summed E-state index contributed by atoms with van der Waals surface area (Å²) in [6, 6.07) is 12.0. The van der Waals surface area contributed by atoms with Gasteiger partial charge in [0, 0.05) is 12.7 Å². The third-order valence-electron chi connectivity index (χ3n) is 4.70. The molecule has 6 nitrogen and oxygen atoms in total. The van der Waals surface area contributed by atoms with Gasteiger partial charge in [-0.1, -0.05) is 30.0 Å². The van der Waals surface area contributed by atoms with Crippen molar-refractivity contribution >= 4 is 23.4 Å². The Bertz CT molecular complexity index is 1010. The Kier molecular flexibility index (Phi) is 6.59. The zero-order valence-electron chi connectivity index (χ0n) is 17.4. The average Bonchev–Trinajstić information content (AvgIpc) is 3.01. The molecule has 0 spiro atoms. The summed E-state index contributed by atoms with van der Waals surface area (Å²) in [5, 5.41) is 12.0. The lowest BCUT2D eigenvalue weighted by molar-refractivity contribution is -0.113. The Morgan fingerprint density at radius 3 is 2.55 bits per heavy atom. The molecule has 1 amide bonds. The molecule has 1 heterocycles. The lowest BCUT2D eigenvalue weighted by Gasteiger charge is -2.10. The number of hydrogen-bond donors (Lipinski definition) is 1. The Balaban J connectivity index is 1.56. The van der Waals surface area contributed by atoms with E-state index < -0.39 is 0 Å². The smallest absolute Gasteiger partial charge is 0.234 e. The quantitative estimate of drug-likeness (QED) is 0.586. The van der Waals surface area contributed by atoms with E-state index in [0.29, 0.717) is 17.6 Å². The zero-order chi connectivity index (χ0) is 21.0. The number of aryl methyl sites for hydroxylation is 3. The van der Waals surface area contributed by atoms with Crippen LogP contribution in [0, 0.1) is 27.7 Å². The lowest BCUT2D eigenvalue weighted by Crippen LogP contribution is -2.15. The van der Waals surface area contributed by atoms with Gasteiger partial charge in [0.15, 0.2) is 11.0 Å². The largest absolute Gasteiger partial charge is 0.486 e. The molecular weight excluding hydrogens is 384 g/mol. The first-order valence-electron chi connectivity index (χ1n) is 9.41. The number of hydrogen-bond acceptors (Lipinski definition) is 5. The van der Waals surface area contributed by atoms with Gasteiger partial charge in [0.2, 0.25) is 5.91 Å². The van der Waals surface area contributed by atoms with Crippen LogP contribution in [0.25, 0.3) is 0 Å². The van der Waals surface area contributed by atoms with Crippen molar-refractivity contribution in [1.29, 1.82) is 0 Å². The number of rotatable bonds is 7. The van der Waals surface area contributed by atoms with Crippen LogP contribution in [0.4, 0.5) is 5.69 Å². The Morgan fingerprint density at radius 2 is 1.83 bits per heavy atom. The van der Waals surface area contributed by atoms with Crippen molar-refractivity contribution in [3.05, 3.63) is 64.5 Å². The second-order valence-corrected chi connectivity index (χ2v) is 8.10. The number of carbonyl (C=O) groups is 1. The molecule has 0 aliphatic heterocycles. The predicted octanol–water partition coefficient (Wildman–Crippen LogP) is 4.36. The highest BCUT2D eigenvalue weighted by Crippen LogP contribution is 2.21. The average molecular weight is 411 g/mol. The number of amides is 1. The van der Waals surface area contributed by atoms with E-state index in [0.717, 1.165) is 33.7 Å². The van der Waals surface area contributed by atoms with Crippen LogP contribution in [0.3, 0.4) is 0 Å². The van der Waals surface area contributed by atoms with Crippen molar-refractivity contribution in [2.24, 2.45) is 7.05 Å². The van der Waals surface area contributed by atoms with Gasteiger partial charge in [-0.3, -0.25) is 4.79 Å². The molecule has 152 valence electrons. The van der Waals surface area contributed by atoms with E-state index >= 15 is 0 Å². The molecule has 0 fully saturated rings. The molecule has 0 bridgehead atoms. The first-order valence-corrected chi connectivity index (χ1v) is 10.4. The molecule has 3 rings (SSSR count). The van der Waals surface area contributed by atoms with E-state index in [2.05, 4.69) is 21.6 Å². The first kappa shape index (κ1) is 20.9. The molecule has 0 aliphatic rings. The SMILES string of the molecule is Cc1cc(C)cc(OCc2nnc(SCC(=O)Nc3cccc(C)c3C)n2C)c1. The fourth-order valence-electron chi connectivity index (χ4n) is 2.96. The molecule has 0 unspecified atom stereocenters. The Hall–Kier alpha value is -2.80. The summed E-state index contributed by atoms with van der Waals surface area (Å²) in [6.45, 7) is 8.44. The molecule has 1 aromatic heterocycles. The van der Waals surface area contributed by atoms with Gasteiger partial charge < -0.3 is 14.6 Å². The normalized spacial score (nSPS) is 10.8. The van der Waals surface area contributed by atoms with Gasteiger partial charge in [0.25, 0.3) is 0 Å². The molecule has 0 atom stereocenters. The molecule has 29 heavy (non-hydrogen) atoms. The van der Waals surface area contributed by atoms with E-state index in [4.69, 9.17) is 4.74 Å². The van der Waals surface area contributed by atoms with Crippen LogP contribution in [-0.2, 0) is 18.4 Å². The first-order chi connectivity index (χ1) is 13.8. The summed E-state index contributed by atoms with van der Waals surface area (Å²) in [6.07, 6.45) is 0. The number of anilines is 1. The van der Waals surface area contributed by atoms with Crippen molar-refractivity contribution in [2.75, 3.05) is 11.1 Å². The maximum Gasteiger partial charge on any atom is 0.234 e. The molecule has 0 saturated heterocycles. The van der Waals surface area contributed by atoms with Crippen LogP contribution in [-0.4, -0.2) is 26.4 Å². The number of nitrogens with one attached hydrogen (secondary N) is 1. The number of aromatic nitrogens is 3. The number of ether oxygens (including phenoxy) is 1. The maximum atomic E-state index is 12.3. The van der Waals surface area contributed by atoms with Crippen LogP contribution in [0.5, 0.6) is 5.75 Å². The summed E-state index contributed by atoms with van der Waals surface area (Å²) in [4.78, 5) is 12.3. The molecule has 7 heteroatoms. The standard InChI is InChI=1S/C22H26N4O2S/c1-14-9-15(2)11-18(10-14)28-12-20-24-25-22(26(20)5)29-13-21(27)23-19-8-6-7-16(3)17(19)4/h6-11H,12-13H2,1-5H3,(H,23,27). The van der Waals surface area contributed by atoms with E-state index in [1.165, 1.54) is 11.8 Å². The Morgan fingerprint density at radius 1 is 1.10 bits per heavy atom. The van der Waals surface area contributed by atoms with Crippen LogP contribution in [0.15, 0.2) is 41.6 Å². The van der Waals surface area contributed by atoms with Crippen molar-refractivity contribution in [3.63, 3.8) is 0 Å². The predicted molar refractivity (Wildman–Crippen MR) is 117 cm³/mol. The topological polar surface area (TPSA) is 69.0 Å². The van der Waals surface area contributed by atoms with Gasteiger partial charge in [0.05, 0.1) is 5.75 Å². The molecule has 1 N–H and O–H groups in total. The zero-order valence-corrected chi connectivity index (χ0v) is 18.3. The summed E-state index contributed by atoms with van der Waals surface area (Å²) in [5.41, 5.74) is 5.39. The number of thioether (sulfide) groups is 1. The van der Waals surface area contributed by atoms with Crippen molar-refractivity contribution in [3.8, 4) is 5.75 Å². The Labute approximate surface area is 175 Å². The highest BCUT2D eigenvalue weighted by Gasteiger charge is 2.13. The van der Waals surface area contributed by atoms with Crippen LogP contribution < -0.4 is 10.1 Å². The number of benzene rings is 2. The van der Waals surface area contributed by atoms with Crippen molar-refractivity contribution in [2.45, 2.75) is 39.5 Å². The monoisotopic (exact) mass is 410 g/mol. The molecule has 0 radical (unpaired) electrons. The van der Waals surface area contributed by atoms with Gasteiger partial charge in [-0.15, -0.1) is 10.2 Å². The summed E-state index contributed by atoms with van der Waals surface area (Å²) >= 11 is 1.35. The number of carbonyl (C=O) groups excluding carboxylic acids is 1. The minimum Gasteiger partial charge on any atom is -0.486 e. The third kappa shape index (κ3) is 5.38. The van der Waals surface area contributed by atoms with E-state index in [9.17, 15) is 4.79 Å². The second-order valence-electron chi connectivity index (χ2n) is 7.15. The van der Waals surface area contributed by atoms with Crippen molar-refractivity contribution in [1.82, 2.24) is 14.8 Å². The fourth-order valence-corrected chi connectivity index (χ4v) is 3.69. The lowest BCUT2D eigenvalue weighted by atomic mass is 10.1. The number of nitrogens with zero attached hydrogens (tertiary/aromatic N) is 3. The van der Waals surface area contributed by atoms with Gasteiger partial charge in [-0.2, -0.15) is 0 Å². The van der Waals surface area contributed by atoms with Crippen LogP contribution in [0.1, 0.15) is 28.1 Å². The summed E-state index contributed by atoms with van der Waals surface area (Å²) in [7, 11) is 1.88. The van der Waals surface area contributed by atoms with Crippen LogP contribution >= 0.6 is 11.8 Å². The van der Waals surface area contributed by atoms with Gasteiger partial charge in [-0.05, 0) is 68.1 Å². The van der Waals surface area contributed by atoms with Crippen molar-refractivity contribution < 1.29 is 9.53 Å². The maximum absolute atomic E-state index is 12.3. The molecule has 2 aromatic carbocycles. The molecular formula is C22H26N4O2S. The fraction of sp³-hybridized carbons (Fsp3) is 0.318. The molecule has 3 aromatic rings. The van der Waals surface area contributed by atoms with Gasteiger partial charge in [-0.25, -0.2) is 0 Å². The van der Waals surface area contributed by atoms with Gasteiger partial charge >= 0.3 is 0 Å². The van der Waals surface area contributed by atoms with E-state index in [-0.39, 0.29) is 11.7 Å². The summed E-state index contributed by atoms with van der Waals surface area (Å²) < 4.78 is 7.72. The highest BCUT2D eigenvalue weighted by atomic mass is 32.2. The van der Waals surface area contributed by atoms with E-state index in [1.807, 2.05) is 69.6 Å². The van der Waals surface area contributed by atoms with Gasteiger partial charge in [0.1, 0.15) is 12.4 Å². The minimum atomic E-state index is -0.0697. The molecule has 0 saturated carbocycles. The second kappa shape index (κ2) is 9.13. The summed E-state index contributed by atoms with van der Waals surface area (Å²) in [5.74, 6) is 1.71. The van der Waals surface area contributed by atoms with E-state index in [1.54, 1.807) is 0 Å². The molecule has 0 aliphatic carbocycles. The van der Waals surface area contributed by atoms with Crippen LogP contribution in [0.2, 0.25) is 0 Å². The third-order valence-corrected chi connectivity index (χ3v) is 5.72.